The number of ether oxygens (including phenoxy) is 1. The van der Waals surface area contributed by atoms with Gasteiger partial charge in [-0.2, -0.15) is 0 Å². The first-order valence-corrected chi connectivity index (χ1v) is 6.70. The van der Waals surface area contributed by atoms with Crippen molar-refractivity contribution in [2.24, 2.45) is 0 Å². The van der Waals surface area contributed by atoms with Crippen molar-refractivity contribution in [3.8, 4) is 16.9 Å². The van der Waals surface area contributed by atoms with Gasteiger partial charge in [0.15, 0.2) is 0 Å². The molecule has 0 spiro atoms. The molecule has 2 aromatic rings. The Labute approximate surface area is 114 Å². The van der Waals surface area contributed by atoms with Gasteiger partial charge in [-0.3, -0.25) is 0 Å². The summed E-state index contributed by atoms with van der Waals surface area (Å²) in [7, 11) is 0. The molecule has 0 saturated carbocycles. The molecule has 0 unspecified atom stereocenters. The van der Waals surface area contributed by atoms with Gasteiger partial charge >= 0.3 is 0 Å². The second-order valence-electron chi connectivity index (χ2n) is 4.68. The second-order valence-corrected chi connectivity index (χ2v) is 4.68. The van der Waals surface area contributed by atoms with Crippen molar-refractivity contribution in [2.75, 3.05) is 6.61 Å². The molecule has 0 radical (unpaired) electrons. The van der Waals surface area contributed by atoms with Crippen LogP contribution in [0, 0.1) is 12.7 Å². The summed E-state index contributed by atoms with van der Waals surface area (Å²) in [4.78, 5) is 0. The molecule has 0 aliphatic heterocycles. The first kappa shape index (κ1) is 13.6. The van der Waals surface area contributed by atoms with Crippen LogP contribution in [0.2, 0.25) is 0 Å². The lowest BCUT2D eigenvalue weighted by molar-refractivity contribution is 0.309. The van der Waals surface area contributed by atoms with E-state index < -0.39 is 0 Å². The third-order valence-corrected chi connectivity index (χ3v) is 3.04. The number of halogens is 1. The molecule has 0 aromatic heterocycles. The highest BCUT2D eigenvalue weighted by Crippen LogP contribution is 2.33. The third kappa shape index (κ3) is 3.34. The number of hydrogen-bond donors (Lipinski definition) is 0. The molecule has 0 amide bonds. The lowest BCUT2D eigenvalue weighted by Gasteiger charge is -2.12. The molecule has 0 saturated heterocycles. The summed E-state index contributed by atoms with van der Waals surface area (Å²) in [5.74, 6) is 0.388. The lowest BCUT2D eigenvalue weighted by atomic mass is 10.0. The second kappa shape index (κ2) is 6.37. The minimum absolute atomic E-state index is 0.236. The fourth-order valence-corrected chi connectivity index (χ4v) is 2.03. The van der Waals surface area contributed by atoms with Crippen molar-refractivity contribution in [1.82, 2.24) is 0 Å². The molecular formula is C17H19FO. The number of hydrogen-bond acceptors (Lipinski definition) is 1. The van der Waals surface area contributed by atoms with Crippen LogP contribution in [0.25, 0.3) is 11.1 Å². The third-order valence-electron chi connectivity index (χ3n) is 3.04. The van der Waals surface area contributed by atoms with Crippen LogP contribution in [0.5, 0.6) is 5.75 Å². The van der Waals surface area contributed by atoms with Crippen LogP contribution in [0.3, 0.4) is 0 Å². The molecule has 0 heterocycles. The van der Waals surface area contributed by atoms with Gasteiger partial charge in [0.05, 0.1) is 12.2 Å². The zero-order valence-corrected chi connectivity index (χ0v) is 11.4. The predicted molar refractivity (Wildman–Crippen MR) is 77.0 cm³/mol. The standard InChI is InChI=1S/C17H19FO/c1-3-4-11-19-16-10-6-9-15(18)17(16)14-8-5-7-13(2)12-14/h5-10,12H,3-4,11H2,1-2H3. The first-order valence-electron chi connectivity index (χ1n) is 6.70. The van der Waals surface area contributed by atoms with Gasteiger partial charge < -0.3 is 4.74 Å². The summed E-state index contributed by atoms with van der Waals surface area (Å²) < 4.78 is 19.8. The Morgan fingerprint density at radius 2 is 1.89 bits per heavy atom. The largest absolute Gasteiger partial charge is 0.493 e. The average Bonchev–Trinajstić information content (AvgIpc) is 2.39. The Balaban J connectivity index is 2.37. The highest BCUT2D eigenvalue weighted by molar-refractivity contribution is 5.71. The van der Waals surface area contributed by atoms with Crippen molar-refractivity contribution in [2.45, 2.75) is 26.7 Å². The highest BCUT2D eigenvalue weighted by atomic mass is 19.1. The van der Waals surface area contributed by atoms with E-state index in [4.69, 9.17) is 4.74 Å². The molecule has 0 fully saturated rings. The van der Waals surface area contributed by atoms with Crippen LogP contribution in [0.4, 0.5) is 4.39 Å². The van der Waals surface area contributed by atoms with Gasteiger partial charge in [0.2, 0.25) is 0 Å². The molecule has 0 bridgehead atoms. The summed E-state index contributed by atoms with van der Waals surface area (Å²) in [5, 5.41) is 0. The number of unbranched alkanes of at least 4 members (excludes halogenated alkanes) is 1. The molecule has 2 heteroatoms. The minimum atomic E-state index is -0.236. The Bertz CT molecular complexity index is 549. The van der Waals surface area contributed by atoms with Gasteiger partial charge in [-0.05, 0) is 31.0 Å². The van der Waals surface area contributed by atoms with Crippen LogP contribution in [-0.4, -0.2) is 6.61 Å². The van der Waals surface area contributed by atoms with E-state index in [2.05, 4.69) is 6.92 Å². The van der Waals surface area contributed by atoms with Crippen molar-refractivity contribution in [3.05, 3.63) is 53.8 Å². The molecule has 2 rings (SSSR count). The van der Waals surface area contributed by atoms with Gasteiger partial charge in [0.25, 0.3) is 0 Å². The monoisotopic (exact) mass is 258 g/mol. The average molecular weight is 258 g/mol. The number of benzene rings is 2. The maximum absolute atomic E-state index is 14.1. The van der Waals surface area contributed by atoms with Crippen LogP contribution in [-0.2, 0) is 0 Å². The summed E-state index contributed by atoms with van der Waals surface area (Å²) >= 11 is 0. The van der Waals surface area contributed by atoms with Crippen molar-refractivity contribution < 1.29 is 9.13 Å². The van der Waals surface area contributed by atoms with Crippen molar-refractivity contribution in [1.29, 1.82) is 0 Å². The normalized spacial score (nSPS) is 10.5. The van der Waals surface area contributed by atoms with Crippen molar-refractivity contribution in [3.63, 3.8) is 0 Å². The zero-order chi connectivity index (χ0) is 13.7. The Kier molecular flexibility index (Phi) is 4.56. The van der Waals surface area contributed by atoms with Crippen LogP contribution in [0.15, 0.2) is 42.5 Å². The smallest absolute Gasteiger partial charge is 0.134 e. The number of rotatable bonds is 5. The van der Waals surface area contributed by atoms with Gasteiger partial charge in [-0.15, -0.1) is 0 Å². The molecule has 0 N–H and O–H groups in total. The van der Waals surface area contributed by atoms with Gasteiger partial charge in [-0.25, -0.2) is 4.39 Å². The fraction of sp³-hybridized carbons (Fsp3) is 0.294. The number of aryl methyl sites for hydroxylation is 1. The van der Waals surface area contributed by atoms with Gasteiger partial charge in [0.1, 0.15) is 11.6 Å². The van der Waals surface area contributed by atoms with E-state index in [1.54, 1.807) is 6.07 Å². The Morgan fingerprint density at radius 3 is 2.63 bits per heavy atom. The summed E-state index contributed by atoms with van der Waals surface area (Å²) in [6, 6.07) is 12.8. The molecule has 100 valence electrons. The fourth-order valence-electron chi connectivity index (χ4n) is 2.03. The van der Waals surface area contributed by atoms with Crippen molar-refractivity contribution >= 4 is 0 Å². The van der Waals surface area contributed by atoms with E-state index in [-0.39, 0.29) is 5.82 Å². The highest BCUT2D eigenvalue weighted by Gasteiger charge is 2.11. The zero-order valence-electron chi connectivity index (χ0n) is 11.4. The SMILES string of the molecule is CCCCOc1cccc(F)c1-c1cccc(C)c1. The minimum Gasteiger partial charge on any atom is -0.493 e. The first-order chi connectivity index (χ1) is 9.22. The molecule has 1 nitrogen and oxygen atoms in total. The maximum Gasteiger partial charge on any atom is 0.134 e. The van der Waals surface area contributed by atoms with Gasteiger partial charge in [0, 0.05) is 0 Å². The molecule has 19 heavy (non-hydrogen) atoms. The maximum atomic E-state index is 14.1. The molecular weight excluding hydrogens is 239 g/mol. The Morgan fingerprint density at radius 1 is 1.11 bits per heavy atom. The van der Waals surface area contributed by atoms with E-state index in [1.165, 1.54) is 6.07 Å². The molecule has 0 aliphatic carbocycles. The van der Waals surface area contributed by atoms with E-state index in [9.17, 15) is 4.39 Å². The summed E-state index contributed by atoms with van der Waals surface area (Å²) in [5.41, 5.74) is 2.53. The lowest BCUT2D eigenvalue weighted by Crippen LogP contribution is -1.99. The van der Waals surface area contributed by atoms with Crippen LogP contribution < -0.4 is 4.74 Å². The molecule has 2 aromatic carbocycles. The van der Waals surface area contributed by atoms with Crippen LogP contribution in [0.1, 0.15) is 25.3 Å². The van der Waals surface area contributed by atoms with Gasteiger partial charge in [-0.1, -0.05) is 49.2 Å². The van der Waals surface area contributed by atoms with E-state index in [1.807, 2.05) is 37.3 Å². The quantitative estimate of drug-likeness (QED) is 0.687. The summed E-state index contributed by atoms with van der Waals surface area (Å²) in [6.45, 7) is 4.73. The van der Waals surface area contributed by atoms with E-state index >= 15 is 0 Å². The topological polar surface area (TPSA) is 9.23 Å². The molecule has 0 aliphatic rings. The predicted octanol–water partition coefficient (Wildman–Crippen LogP) is 4.98. The van der Waals surface area contributed by atoms with E-state index in [0.29, 0.717) is 17.9 Å². The Hall–Kier alpha value is -1.83. The molecule has 0 atom stereocenters. The summed E-state index contributed by atoms with van der Waals surface area (Å²) in [6.07, 6.45) is 2.04. The van der Waals surface area contributed by atoms with E-state index in [0.717, 1.165) is 24.0 Å². The van der Waals surface area contributed by atoms with Crippen LogP contribution >= 0.6 is 0 Å².